The molecule has 0 bridgehead atoms. The highest BCUT2D eigenvalue weighted by Crippen LogP contribution is 2.67. The Morgan fingerprint density at radius 1 is 1.19 bits per heavy atom. The Kier molecular flexibility index (Phi) is 7.38. The predicted octanol–water partition coefficient (Wildman–Crippen LogP) is 2.17. The summed E-state index contributed by atoms with van der Waals surface area (Å²) in [5.74, 6) is -1.26. The number of rotatable bonds is 5. The molecular weight excluding hydrogens is 476 g/mol. The van der Waals surface area contributed by atoms with E-state index in [1.54, 1.807) is 13.8 Å². The van der Waals surface area contributed by atoms with Gasteiger partial charge in [-0.15, -0.1) is 6.58 Å². The summed E-state index contributed by atoms with van der Waals surface area (Å²) in [7, 11) is 0. The molecule has 2 saturated heterocycles. The van der Waals surface area contributed by atoms with Gasteiger partial charge in [0.05, 0.1) is 17.8 Å². The van der Waals surface area contributed by atoms with Gasteiger partial charge < -0.3 is 35.0 Å². The zero-order valence-electron chi connectivity index (χ0n) is 23.1. The number of aliphatic hydroxyl groups excluding tert-OH is 2. The van der Waals surface area contributed by atoms with Crippen LogP contribution in [0, 0.1) is 16.7 Å². The third-order valence-electron chi connectivity index (χ3n) is 10.1. The largest absolute Gasteiger partial charge is 0.440 e. The molecule has 2 saturated carbocycles. The number of aliphatic hydroxyl groups is 3. The first kappa shape index (κ1) is 28.5. The second kappa shape index (κ2) is 9.59. The third-order valence-corrected chi connectivity index (χ3v) is 10.1. The molecule has 0 radical (unpaired) electrons. The van der Waals surface area contributed by atoms with E-state index in [1.807, 2.05) is 13.8 Å². The normalized spacial score (nSPS) is 45.9. The minimum Gasteiger partial charge on any atom is -0.440 e. The Labute approximate surface area is 220 Å². The molecule has 9 nitrogen and oxygen atoms in total. The van der Waals surface area contributed by atoms with Crippen molar-refractivity contribution in [2.75, 3.05) is 26.2 Å². The molecule has 0 unspecified atom stereocenters. The average Bonchev–Trinajstić information content (AvgIpc) is 2.83. The summed E-state index contributed by atoms with van der Waals surface area (Å²) in [5, 5.41) is 38.4. The molecule has 0 aromatic rings. The molecule has 37 heavy (non-hydrogen) atoms. The Bertz CT molecular complexity index is 920. The minimum absolute atomic E-state index is 0.150. The summed E-state index contributed by atoms with van der Waals surface area (Å²) in [4.78, 5) is 29.2. The number of amides is 1. The number of alkyl carbamates (subject to hydrolysis) is 1. The number of carbonyl (C=O) groups excluding carboxylic acids is 2. The molecule has 2 heterocycles. The van der Waals surface area contributed by atoms with Crippen molar-refractivity contribution in [3.8, 4) is 0 Å². The highest BCUT2D eigenvalue weighted by Gasteiger charge is 2.81. The van der Waals surface area contributed by atoms with Crippen LogP contribution in [-0.4, -0.2) is 93.4 Å². The lowest BCUT2D eigenvalue weighted by molar-refractivity contribution is -0.369. The van der Waals surface area contributed by atoms with Gasteiger partial charge in [0.25, 0.3) is 0 Å². The number of fused-ring (bicyclic) bond motifs is 3. The number of ketones is 1. The molecular formula is C28H46N2O7. The first-order chi connectivity index (χ1) is 17.2. The number of piperidine rings is 1. The van der Waals surface area contributed by atoms with Crippen LogP contribution in [0.2, 0.25) is 0 Å². The molecule has 8 atom stereocenters. The minimum atomic E-state index is -2.22. The van der Waals surface area contributed by atoms with Crippen molar-refractivity contribution in [1.82, 2.24) is 10.2 Å². The van der Waals surface area contributed by atoms with E-state index in [0.717, 1.165) is 25.9 Å². The fraction of sp³-hybridized carbons (Fsp3) is 0.857. The highest BCUT2D eigenvalue weighted by molar-refractivity contribution is 5.92. The van der Waals surface area contributed by atoms with Crippen LogP contribution in [0.25, 0.3) is 0 Å². The fourth-order valence-corrected chi connectivity index (χ4v) is 8.14. The number of hydrogen-bond donors (Lipinski definition) is 4. The predicted molar refractivity (Wildman–Crippen MR) is 138 cm³/mol. The van der Waals surface area contributed by atoms with Gasteiger partial charge in [0.2, 0.25) is 0 Å². The van der Waals surface area contributed by atoms with E-state index in [1.165, 1.54) is 19.4 Å². The zero-order chi connectivity index (χ0) is 27.4. The van der Waals surface area contributed by atoms with Crippen molar-refractivity contribution < 1.29 is 34.4 Å². The second-order valence-corrected chi connectivity index (χ2v) is 13.0. The van der Waals surface area contributed by atoms with E-state index < -0.39 is 63.7 Å². The Morgan fingerprint density at radius 3 is 2.46 bits per heavy atom. The summed E-state index contributed by atoms with van der Waals surface area (Å²) >= 11 is 0. The Hall–Kier alpha value is -1.52. The third kappa shape index (κ3) is 4.25. The van der Waals surface area contributed by atoms with Crippen LogP contribution < -0.4 is 5.32 Å². The van der Waals surface area contributed by atoms with Gasteiger partial charge in [0.15, 0.2) is 17.5 Å². The Morgan fingerprint density at radius 2 is 1.84 bits per heavy atom. The van der Waals surface area contributed by atoms with Crippen molar-refractivity contribution in [2.45, 2.75) is 108 Å². The standard InChI is InChI=1S/C28H46N2O7/c1-7-25(4)17-19(32)28(35)26(5)18(31)11-12-24(2,3)21(26)20(33)22(27(28,6)37-25)36-23(34)29-13-16-30-14-9-8-10-15-30/h7,18,20-22,31,33,35H,1,8-17H2,2-6H3,(H,29,34)/t18-,20-,21-,22-,25-,26-,27+,28-/m0/s1. The van der Waals surface area contributed by atoms with E-state index >= 15 is 0 Å². The van der Waals surface area contributed by atoms with Crippen molar-refractivity contribution >= 4 is 11.9 Å². The number of hydrogen-bond acceptors (Lipinski definition) is 8. The van der Waals surface area contributed by atoms with Gasteiger partial charge in [-0.05, 0) is 58.0 Å². The van der Waals surface area contributed by atoms with Gasteiger partial charge in [-0.25, -0.2) is 4.79 Å². The molecule has 2 aliphatic heterocycles. The lowest BCUT2D eigenvalue weighted by Gasteiger charge is -2.71. The SMILES string of the molecule is C=C[C@@]1(C)CC(=O)[C@]2(O)[C@@]3(C)[C@@H](O)CCC(C)(C)[C@@H]3[C@H](O)[C@H](OC(=O)NCCN3CCCCC3)[C@@]2(C)O1. The summed E-state index contributed by atoms with van der Waals surface area (Å²) in [6.07, 6.45) is 1.32. The maximum atomic E-state index is 13.9. The molecule has 4 aliphatic rings. The van der Waals surface area contributed by atoms with Crippen LogP contribution in [0.5, 0.6) is 0 Å². The number of carbonyl (C=O) groups is 2. The first-order valence-electron chi connectivity index (χ1n) is 13.8. The maximum Gasteiger partial charge on any atom is 0.407 e. The van der Waals surface area contributed by atoms with E-state index in [-0.39, 0.29) is 6.42 Å². The molecule has 0 aromatic heterocycles. The lowest BCUT2D eigenvalue weighted by atomic mass is 9.40. The first-order valence-corrected chi connectivity index (χ1v) is 13.8. The molecule has 4 fully saturated rings. The number of ether oxygens (including phenoxy) is 2. The molecule has 210 valence electrons. The van der Waals surface area contributed by atoms with Crippen LogP contribution in [0.15, 0.2) is 12.7 Å². The number of nitrogens with zero attached hydrogens (tertiary/aromatic N) is 1. The molecule has 4 rings (SSSR count). The van der Waals surface area contributed by atoms with Gasteiger partial charge in [0, 0.05) is 30.8 Å². The molecule has 0 aromatic carbocycles. The summed E-state index contributed by atoms with van der Waals surface area (Å²) in [6, 6.07) is 0. The van der Waals surface area contributed by atoms with Crippen LogP contribution in [0.3, 0.4) is 0 Å². The fourth-order valence-electron chi connectivity index (χ4n) is 8.14. The van der Waals surface area contributed by atoms with E-state index in [0.29, 0.717) is 25.9 Å². The topological polar surface area (TPSA) is 129 Å². The van der Waals surface area contributed by atoms with E-state index in [4.69, 9.17) is 9.47 Å². The molecule has 2 aliphatic carbocycles. The molecule has 9 heteroatoms. The van der Waals surface area contributed by atoms with Gasteiger partial charge in [-0.3, -0.25) is 4.79 Å². The number of nitrogens with one attached hydrogen (secondary N) is 1. The van der Waals surface area contributed by atoms with Crippen molar-refractivity contribution in [3.63, 3.8) is 0 Å². The smallest absolute Gasteiger partial charge is 0.407 e. The molecule has 4 N–H and O–H groups in total. The average molecular weight is 523 g/mol. The zero-order valence-corrected chi connectivity index (χ0v) is 23.1. The van der Waals surface area contributed by atoms with Gasteiger partial charge >= 0.3 is 6.09 Å². The number of Topliss-reactive ketones (excluding diaryl/α,β-unsaturated/α-hetero) is 1. The highest BCUT2D eigenvalue weighted by atomic mass is 16.6. The van der Waals surface area contributed by atoms with Crippen LogP contribution in [-0.2, 0) is 14.3 Å². The van der Waals surface area contributed by atoms with E-state index in [2.05, 4.69) is 16.8 Å². The van der Waals surface area contributed by atoms with Gasteiger partial charge in [0.1, 0.15) is 5.60 Å². The van der Waals surface area contributed by atoms with E-state index in [9.17, 15) is 24.9 Å². The van der Waals surface area contributed by atoms with Crippen LogP contribution in [0.4, 0.5) is 4.79 Å². The Balaban J connectivity index is 1.69. The van der Waals surface area contributed by atoms with Crippen molar-refractivity contribution in [2.24, 2.45) is 16.7 Å². The summed E-state index contributed by atoms with van der Waals surface area (Å²) in [6.45, 7) is 15.6. The van der Waals surface area contributed by atoms with Crippen molar-refractivity contribution in [1.29, 1.82) is 0 Å². The summed E-state index contributed by atoms with van der Waals surface area (Å²) in [5.41, 5.74) is -7.21. The van der Waals surface area contributed by atoms with Gasteiger partial charge in [-0.2, -0.15) is 0 Å². The second-order valence-electron chi connectivity index (χ2n) is 13.0. The monoisotopic (exact) mass is 522 g/mol. The van der Waals surface area contributed by atoms with Crippen LogP contribution in [0.1, 0.15) is 73.1 Å². The molecule has 1 amide bonds. The van der Waals surface area contributed by atoms with Crippen molar-refractivity contribution in [3.05, 3.63) is 12.7 Å². The van der Waals surface area contributed by atoms with Crippen LogP contribution >= 0.6 is 0 Å². The van der Waals surface area contributed by atoms with Gasteiger partial charge in [-0.1, -0.05) is 33.3 Å². The number of likely N-dealkylation sites (tertiary alicyclic amines) is 1. The maximum absolute atomic E-state index is 13.9. The quantitative estimate of drug-likeness (QED) is 0.405. The summed E-state index contributed by atoms with van der Waals surface area (Å²) < 4.78 is 12.3. The lowest BCUT2D eigenvalue weighted by Crippen LogP contribution is -2.86. The molecule has 0 spiro atoms.